The van der Waals surface area contributed by atoms with Crippen LogP contribution in [0.5, 0.6) is 5.75 Å². The first-order valence-electron chi connectivity index (χ1n) is 13.4. The minimum absolute atomic E-state index is 0.0203. The Balaban J connectivity index is 1.71. The molecule has 4 rings (SSSR count). The lowest BCUT2D eigenvalue weighted by Gasteiger charge is -2.28. The lowest BCUT2D eigenvalue weighted by molar-refractivity contribution is 0.0769. The van der Waals surface area contributed by atoms with E-state index >= 15 is 0 Å². The molecule has 0 aliphatic carbocycles. The van der Waals surface area contributed by atoms with E-state index in [0.717, 1.165) is 17.9 Å². The molecule has 0 saturated heterocycles. The molecule has 2 aromatic heterocycles. The Morgan fingerprint density at radius 1 is 1.05 bits per heavy atom. The van der Waals surface area contributed by atoms with Crippen molar-refractivity contribution in [1.82, 2.24) is 19.3 Å². The van der Waals surface area contributed by atoms with E-state index in [9.17, 15) is 22.7 Å². The minimum atomic E-state index is -3.96. The fourth-order valence-electron chi connectivity index (χ4n) is 4.51. The topological polar surface area (TPSA) is 126 Å². The van der Waals surface area contributed by atoms with Crippen molar-refractivity contribution in [1.29, 1.82) is 0 Å². The van der Waals surface area contributed by atoms with Gasteiger partial charge in [-0.3, -0.25) is 8.98 Å². The molecular weight excluding hydrogens is 579 g/mol. The molecule has 0 radical (unpaired) electrons. The summed E-state index contributed by atoms with van der Waals surface area (Å²) in [7, 11) is -5.27. The van der Waals surface area contributed by atoms with Crippen LogP contribution in [0.1, 0.15) is 17.0 Å². The van der Waals surface area contributed by atoms with E-state index in [4.69, 9.17) is 8.92 Å². The molecule has 10 nitrogen and oxygen atoms in total. The van der Waals surface area contributed by atoms with Crippen molar-refractivity contribution >= 4 is 18.2 Å². The maximum atomic E-state index is 13.8. The summed E-state index contributed by atoms with van der Waals surface area (Å²) in [4.78, 5) is 17.3. The summed E-state index contributed by atoms with van der Waals surface area (Å²) in [6.45, 7) is 7.17. The second kappa shape index (κ2) is 13.1. The third-order valence-corrected chi connectivity index (χ3v) is 8.83. The molecule has 42 heavy (non-hydrogen) atoms. The zero-order valence-corrected chi connectivity index (χ0v) is 25.8. The molecule has 0 fully saturated rings. The summed E-state index contributed by atoms with van der Waals surface area (Å²) in [5.41, 5.74) is 0.503. The number of imidazole rings is 1. The predicted molar refractivity (Wildman–Crippen MR) is 160 cm³/mol. The lowest BCUT2D eigenvalue weighted by atomic mass is 9.86. The van der Waals surface area contributed by atoms with Crippen LogP contribution in [0.25, 0.3) is 11.5 Å². The van der Waals surface area contributed by atoms with E-state index in [0.29, 0.717) is 12.2 Å². The third kappa shape index (κ3) is 8.44. The third-order valence-electron chi connectivity index (χ3n) is 6.53. The van der Waals surface area contributed by atoms with Gasteiger partial charge in [-0.05, 0) is 29.3 Å². The molecule has 0 aliphatic heterocycles. The van der Waals surface area contributed by atoms with Crippen molar-refractivity contribution in [3.05, 3.63) is 100 Å². The molecule has 4 aromatic rings. The van der Waals surface area contributed by atoms with Gasteiger partial charge in [-0.25, -0.2) is 14.1 Å². The highest BCUT2D eigenvalue weighted by atomic mass is 32.2. The molecule has 0 bridgehead atoms. The lowest BCUT2D eigenvalue weighted by Crippen LogP contribution is -2.31. The first-order valence-corrected chi connectivity index (χ1v) is 18.9. The van der Waals surface area contributed by atoms with E-state index in [1.165, 1.54) is 29.2 Å². The molecule has 224 valence electrons. The highest BCUT2D eigenvalue weighted by Crippen LogP contribution is 2.32. The van der Waals surface area contributed by atoms with Crippen LogP contribution in [0, 0.1) is 5.82 Å². The maximum Gasteiger partial charge on any atom is 0.264 e. The summed E-state index contributed by atoms with van der Waals surface area (Å²) in [6, 6.07) is 15.8. The Labute approximate surface area is 245 Å². The van der Waals surface area contributed by atoms with Crippen LogP contribution in [0.4, 0.5) is 4.39 Å². The van der Waals surface area contributed by atoms with Gasteiger partial charge in [0.2, 0.25) is 0 Å². The number of halogens is 1. The molecule has 1 N–H and O–H groups in total. The SMILES string of the molecule is C[Si](C)(C)CCOCn1cc(O)c(=O)c(-c2nccn2C[C@H](OS(C)(=O)=O)[C@H](c2ccccc2)c2ccc(F)cc2)n1. The van der Waals surface area contributed by atoms with E-state index in [1.54, 1.807) is 22.9 Å². The Hall–Kier alpha value is -3.65. The van der Waals surface area contributed by atoms with E-state index in [-0.39, 0.29) is 24.8 Å². The summed E-state index contributed by atoms with van der Waals surface area (Å²) < 4.78 is 53.0. The first kappa shape index (κ1) is 31.3. The van der Waals surface area contributed by atoms with Crippen molar-refractivity contribution < 1.29 is 26.8 Å². The Bertz CT molecular complexity index is 1650. The zero-order chi connectivity index (χ0) is 30.5. The van der Waals surface area contributed by atoms with E-state index < -0.39 is 47.2 Å². The van der Waals surface area contributed by atoms with Gasteiger partial charge in [0, 0.05) is 33.0 Å². The molecule has 0 spiro atoms. The van der Waals surface area contributed by atoms with Gasteiger partial charge in [0.25, 0.3) is 15.5 Å². The van der Waals surface area contributed by atoms with E-state index in [1.807, 2.05) is 30.3 Å². The number of benzene rings is 2. The molecule has 0 amide bonds. The van der Waals surface area contributed by atoms with Crippen LogP contribution in [0.2, 0.25) is 25.7 Å². The van der Waals surface area contributed by atoms with Gasteiger partial charge in [0.05, 0.1) is 19.0 Å². The number of nitrogens with zero attached hydrogens (tertiary/aromatic N) is 4. The van der Waals surface area contributed by atoms with Gasteiger partial charge >= 0.3 is 0 Å². The van der Waals surface area contributed by atoms with Crippen LogP contribution in [-0.4, -0.2) is 59.9 Å². The standard InChI is InChI=1S/C29H35FN4O6SSi/c1-41(37,38)40-25(26(21-8-6-5-7-9-21)22-10-12-23(30)13-11-22)19-33-15-14-31-29(33)27-28(36)24(35)18-34(32-27)20-39-16-17-42(2,3)4/h5-15,18,25-26,35H,16-17,19-20H2,1-4H3/t25-,26+/m0/s1. The van der Waals surface area contributed by atoms with Crippen molar-refractivity contribution in [3.63, 3.8) is 0 Å². The second-order valence-corrected chi connectivity index (χ2v) is 18.5. The Morgan fingerprint density at radius 2 is 1.71 bits per heavy atom. The summed E-state index contributed by atoms with van der Waals surface area (Å²) in [6.07, 6.45) is 4.15. The van der Waals surface area contributed by atoms with Gasteiger partial charge in [-0.2, -0.15) is 13.5 Å². The predicted octanol–water partition coefficient (Wildman–Crippen LogP) is 4.44. The highest BCUT2D eigenvalue weighted by molar-refractivity contribution is 7.86. The monoisotopic (exact) mass is 614 g/mol. The molecule has 13 heteroatoms. The fraction of sp³-hybridized carbons (Fsp3) is 0.345. The number of hydrogen-bond donors (Lipinski definition) is 1. The van der Waals surface area contributed by atoms with Gasteiger partial charge in [0.1, 0.15) is 18.7 Å². The Kier molecular flexibility index (Phi) is 9.77. The van der Waals surface area contributed by atoms with Crippen molar-refractivity contribution in [2.45, 2.75) is 51.0 Å². The number of aromatic nitrogens is 4. The minimum Gasteiger partial charge on any atom is -0.503 e. The van der Waals surface area contributed by atoms with Crippen molar-refractivity contribution in [3.8, 4) is 17.3 Å². The molecule has 2 aromatic carbocycles. The number of rotatable bonds is 13. The van der Waals surface area contributed by atoms with Crippen molar-refractivity contribution in [2.24, 2.45) is 0 Å². The molecule has 0 aliphatic rings. The zero-order valence-electron chi connectivity index (χ0n) is 24.0. The van der Waals surface area contributed by atoms with Crippen LogP contribution in [0.15, 0.2) is 78.0 Å². The van der Waals surface area contributed by atoms with Crippen LogP contribution < -0.4 is 5.43 Å². The fourth-order valence-corrected chi connectivity index (χ4v) is 5.89. The molecule has 0 saturated carbocycles. The summed E-state index contributed by atoms with van der Waals surface area (Å²) >= 11 is 0. The summed E-state index contributed by atoms with van der Waals surface area (Å²) in [5.74, 6) is -1.48. The Morgan fingerprint density at radius 3 is 2.36 bits per heavy atom. The molecule has 0 unspecified atom stereocenters. The average molecular weight is 615 g/mol. The first-order chi connectivity index (χ1) is 19.8. The maximum absolute atomic E-state index is 13.8. The van der Waals surface area contributed by atoms with Crippen LogP contribution in [0.3, 0.4) is 0 Å². The number of hydrogen-bond acceptors (Lipinski definition) is 8. The molecule has 2 heterocycles. The summed E-state index contributed by atoms with van der Waals surface area (Å²) in [5, 5.41) is 14.8. The van der Waals surface area contributed by atoms with Crippen LogP contribution >= 0.6 is 0 Å². The van der Waals surface area contributed by atoms with Gasteiger partial charge in [-0.1, -0.05) is 62.1 Å². The molecular formula is C29H35FN4O6SSi. The highest BCUT2D eigenvalue weighted by Gasteiger charge is 2.31. The average Bonchev–Trinajstić information content (AvgIpc) is 3.37. The normalized spacial score (nSPS) is 13.6. The largest absolute Gasteiger partial charge is 0.503 e. The smallest absolute Gasteiger partial charge is 0.264 e. The van der Waals surface area contributed by atoms with E-state index in [2.05, 4.69) is 29.7 Å². The number of aromatic hydroxyl groups is 1. The van der Waals surface area contributed by atoms with Crippen LogP contribution in [-0.2, 0) is 32.3 Å². The molecule has 2 atom stereocenters. The van der Waals surface area contributed by atoms with Crippen molar-refractivity contribution in [2.75, 3.05) is 12.9 Å². The van der Waals surface area contributed by atoms with Gasteiger partial charge < -0.3 is 14.4 Å². The van der Waals surface area contributed by atoms with Gasteiger partial charge in [0.15, 0.2) is 17.3 Å². The quantitative estimate of drug-likeness (QED) is 0.133. The second-order valence-electron chi connectivity index (χ2n) is 11.3. The number of ether oxygens (including phenoxy) is 1. The van der Waals surface area contributed by atoms with Gasteiger partial charge in [-0.15, -0.1) is 0 Å².